The van der Waals surface area contributed by atoms with Crippen LogP contribution in [0.3, 0.4) is 0 Å². The molecule has 0 unspecified atom stereocenters. The Balaban J connectivity index is 3.31. The van der Waals surface area contributed by atoms with Crippen molar-refractivity contribution in [3.8, 4) is 0 Å². The average Bonchev–Trinajstić information content (AvgIpc) is 2.68. The number of aryl methyl sites for hydroxylation is 1. The smallest absolute Gasteiger partial charge is 0.402 e. The lowest BCUT2D eigenvalue weighted by Crippen LogP contribution is -2.38. The van der Waals surface area contributed by atoms with Crippen LogP contribution in [0.1, 0.15) is 72.1 Å². The molecule has 0 aromatic carbocycles. The summed E-state index contributed by atoms with van der Waals surface area (Å²) in [6.07, 6.45) is 3.63. The van der Waals surface area contributed by atoms with E-state index in [4.69, 9.17) is 4.52 Å². The van der Waals surface area contributed by atoms with Crippen LogP contribution in [0.5, 0.6) is 0 Å². The first-order valence-electron chi connectivity index (χ1n) is 7.63. The van der Waals surface area contributed by atoms with Crippen molar-refractivity contribution in [3.05, 3.63) is 18.2 Å². The molecule has 0 amide bonds. The van der Waals surface area contributed by atoms with Crippen LogP contribution in [0, 0.1) is 0 Å². The number of hydrogen-bond donors (Lipinski definition) is 0. The first-order chi connectivity index (χ1) is 9.72. The van der Waals surface area contributed by atoms with Gasteiger partial charge in [-0.25, -0.2) is 13.9 Å². The molecule has 0 spiro atoms. The minimum Gasteiger partial charge on any atom is -0.402 e. The molecule has 0 N–H and O–H groups in total. The Morgan fingerprint density at radius 1 is 1.18 bits per heavy atom. The third-order valence-corrected chi connectivity index (χ3v) is 7.70. The molecule has 126 valence electrons. The zero-order valence-corrected chi connectivity index (χ0v) is 16.2. The quantitative estimate of drug-likeness (QED) is 0.624. The summed E-state index contributed by atoms with van der Waals surface area (Å²) in [5.41, 5.74) is 0. The van der Waals surface area contributed by atoms with Crippen molar-refractivity contribution in [1.82, 2.24) is 4.57 Å². The summed E-state index contributed by atoms with van der Waals surface area (Å²) in [5.74, 6) is -0.127. The summed E-state index contributed by atoms with van der Waals surface area (Å²) in [6.45, 7) is 15.1. The number of carbonyl (C=O) groups is 1. The molecule has 0 atom stereocenters. The molecule has 0 aliphatic rings. The number of hydrogen-bond acceptors (Lipinski definition) is 3. The Morgan fingerprint density at radius 3 is 2.00 bits per heavy atom. The van der Waals surface area contributed by atoms with Crippen molar-refractivity contribution in [2.45, 2.75) is 71.7 Å². The van der Waals surface area contributed by atoms with Gasteiger partial charge in [0.25, 0.3) is 7.37 Å². The summed E-state index contributed by atoms with van der Waals surface area (Å²) in [4.78, 5) is 12.7. The van der Waals surface area contributed by atoms with Crippen LogP contribution < -0.4 is 4.57 Å². The van der Waals surface area contributed by atoms with Crippen LogP contribution in [-0.2, 0) is 16.1 Å². The van der Waals surface area contributed by atoms with Crippen molar-refractivity contribution in [2.75, 3.05) is 0 Å². The number of rotatable bonds is 3. The van der Waals surface area contributed by atoms with Gasteiger partial charge >= 0.3 is 11.8 Å². The molecule has 22 heavy (non-hydrogen) atoms. The largest absolute Gasteiger partial charge is 0.427 e. The maximum absolute atomic E-state index is 13.5. The molecule has 0 saturated carbocycles. The van der Waals surface area contributed by atoms with E-state index in [1.807, 2.05) is 66.2 Å². The van der Waals surface area contributed by atoms with Gasteiger partial charge < -0.3 is 4.52 Å². The van der Waals surface area contributed by atoms with Crippen molar-refractivity contribution >= 4 is 13.3 Å². The third-order valence-electron chi connectivity index (χ3n) is 3.75. The van der Waals surface area contributed by atoms with E-state index in [2.05, 4.69) is 0 Å². The number of imidazole rings is 1. The standard InChI is InChI=1S/C16H30N2O3P/c1-12(2)18-11-10-17(9)13(18)14(19)21-22(20,15(3,4)5)16(6,7)8/h10-12H,1-9H3/q+1. The van der Waals surface area contributed by atoms with Gasteiger partial charge in [0.15, 0.2) is 0 Å². The summed E-state index contributed by atoms with van der Waals surface area (Å²) in [5, 5.41) is -1.23. The van der Waals surface area contributed by atoms with Gasteiger partial charge in [0.05, 0.1) is 13.1 Å². The van der Waals surface area contributed by atoms with Gasteiger partial charge in [0, 0.05) is 10.3 Å². The molecule has 0 radical (unpaired) electrons. The van der Waals surface area contributed by atoms with Crippen LogP contribution >= 0.6 is 7.37 Å². The molecule has 5 nitrogen and oxygen atoms in total. The van der Waals surface area contributed by atoms with Crippen LogP contribution in [0.4, 0.5) is 0 Å². The minimum atomic E-state index is -3.23. The maximum Gasteiger partial charge on any atom is 0.427 e. The fourth-order valence-corrected chi connectivity index (χ4v) is 5.47. The van der Waals surface area contributed by atoms with E-state index in [9.17, 15) is 9.36 Å². The van der Waals surface area contributed by atoms with E-state index in [-0.39, 0.29) is 6.04 Å². The van der Waals surface area contributed by atoms with Gasteiger partial charge in [-0.1, -0.05) is 41.5 Å². The topological polar surface area (TPSA) is 52.2 Å². The predicted octanol–water partition coefficient (Wildman–Crippen LogP) is 3.93. The normalized spacial score (nSPS) is 13.5. The van der Waals surface area contributed by atoms with E-state index in [1.165, 1.54) is 0 Å². The van der Waals surface area contributed by atoms with Gasteiger partial charge in [0.1, 0.15) is 12.4 Å². The zero-order valence-electron chi connectivity index (χ0n) is 15.3. The van der Waals surface area contributed by atoms with Crippen LogP contribution in [0.2, 0.25) is 0 Å². The lowest BCUT2D eigenvalue weighted by atomic mass is 10.2. The highest BCUT2D eigenvalue weighted by Crippen LogP contribution is 2.67. The Bertz CT molecular complexity index is 586. The van der Waals surface area contributed by atoms with E-state index >= 15 is 0 Å². The first kappa shape index (κ1) is 19.0. The van der Waals surface area contributed by atoms with Crippen molar-refractivity contribution < 1.29 is 18.5 Å². The monoisotopic (exact) mass is 329 g/mol. The molecule has 0 aliphatic heterocycles. The lowest BCUT2D eigenvalue weighted by Gasteiger charge is -2.38. The Hall–Kier alpha value is -1.09. The summed E-state index contributed by atoms with van der Waals surface area (Å²) >= 11 is 0. The van der Waals surface area contributed by atoms with E-state index in [0.29, 0.717) is 5.82 Å². The fourth-order valence-electron chi connectivity index (χ4n) is 2.60. The van der Waals surface area contributed by atoms with Gasteiger partial charge in [-0.3, -0.25) is 4.57 Å². The third kappa shape index (κ3) is 3.29. The molecule has 1 heterocycles. The number of aromatic nitrogens is 2. The highest BCUT2D eigenvalue weighted by atomic mass is 31.2. The molecule has 1 rings (SSSR count). The molecular weight excluding hydrogens is 299 g/mol. The maximum atomic E-state index is 13.5. The minimum absolute atomic E-state index is 0.118. The Morgan fingerprint density at radius 2 is 1.64 bits per heavy atom. The summed E-state index contributed by atoms with van der Waals surface area (Å²) in [7, 11) is -1.44. The van der Waals surface area contributed by atoms with Gasteiger partial charge in [-0.2, -0.15) is 0 Å². The molecule has 1 aromatic heterocycles. The molecular formula is C16H30N2O3P+. The van der Waals surface area contributed by atoms with Crippen LogP contribution in [0.15, 0.2) is 12.4 Å². The molecule has 6 heteroatoms. The summed E-state index contributed by atoms with van der Waals surface area (Å²) < 4.78 is 22.7. The predicted molar refractivity (Wildman–Crippen MR) is 88.5 cm³/mol. The number of carbonyl (C=O) groups excluding carboxylic acids is 1. The Labute approximate surface area is 134 Å². The van der Waals surface area contributed by atoms with Crippen molar-refractivity contribution in [1.29, 1.82) is 0 Å². The summed E-state index contributed by atoms with van der Waals surface area (Å²) in [6, 6.07) is 0.118. The zero-order chi connectivity index (χ0) is 17.5. The van der Waals surface area contributed by atoms with E-state index < -0.39 is 23.7 Å². The second-order valence-electron chi connectivity index (χ2n) is 8.01. The fraction of sp³-hybridized carbons (Fsp3) is 0.750. The SMILES string of the molecule is CC(C)n1cc[n+](C)c1C(=O)OP(=O)(C(C)(C)C)C(C)(C)C. The van der Waals surface area contributed by atoms with E-state index in [1.54, 1.807) is 17.8 Å². The first-order valence-corrected chi connectivity index (χ1v) is 9.25. The molecule has 1 aromatic rings. The second-order valence-corrected chi connectivity index (χ2v) is 12.0. The highest BCUT2D eigenvalue weighted by Gasteiger charge is 2.51. The van der Waals surface area contributed by atoms with Crippen molar-refractivity contribution in [3.63, 3.8) is 0 Å². The molecule has 0 aliphatic carbocycles. The number of nitrogens with zero attached hydrogens (tertiary/aromatic N) is 2. The molecule has 0 bridgehead atoms. The lowest BCUT2D eigenvalue weighted by molar-refractivity contribution is -0.673. The van der Waals surface area contributed by atoms with Crippen LogP contribution in [-0.4, -0.2) is 20.8 Å². The Kier molecular flexibility index (Phi) is 5.03. The average molecular weight is 329 g/mol. The van der Waals surface area contributed by atoms with Crippen LogP contribution in [0.25, 0.3) is 0 Å². The second kappa shape index (κ2) is 5.84. The molecule has 0 fully saturated rings. The molecule has 0 saturated heterocycles. The van der Waals surface area contributed by atoms with Gasteiger partial charge in [-0.15, -0.1) is 0 Å². The van der Waals surface area contributed by atoms with Crippen molar-refractivity contribution in [2.24, 2.45) is 7.05 Å². The van der Waals surface area contributed by atoms with E-state index in [0.717, 1.165) is 0 Å². The van der Waals surface area contributed by atoms with Gasteiger partial charge in [-0.05, 0) is 13.8 Å². The van der Waals surface area contributed by atoms with Gasteiger partial charge in [0.2, 0.25) is 0 Å². The highest BCUT2D eigenvalue weighted by molar-refractivity contribution is 7.62.